The number of ether oxygens (including phenoxy) is 1. The van der Waals surface area contributed by atoms with Crippen LogP contribution in [0, 0.1) is 13.8 Å². The lowest BCUT2D eigenvalue weighted by molar-refractivity contribution is 0.0600. The number of aromatic nitrogens is 2. The number of nitrogens with zero attached hydrogens (tertiary/aromatic N) is 3. The van der Waals surface area contributed by atoms with Crippen LogP contribution >= 0.6 is 12.2 Å². The summed E-state index contributed by atoms with van der Waals surface area (Å²) >= 11 is 5.66. The third-order valence-electron chi connectivity index (χ3n) is 5.88. The number of hydrogen-bond donors (Lipinski definition) is 1. The van der Waals surface area contributed by atoms with Crippen molar-refractivity contribution in [2.75, 3.05) is 13.7 Å². The Morgan fingerprint density at radius 3 is 2.61 bits per heavy atom. The molecule has 1 aliphatic rings. The van der Waals surface area contributed by atoms with Gasteiger partial charge >= 0.3 is 5.97 Å². The second-order valence-corrected chi connectivity index (χ2v) is 7.97. The van der Waals surface area contributed by atoms with Crippen molar-refractivity contribution >= 4 is 23.3 Å². The molecule has 0 unspecified atom stereocenters. The zero-order chi connectivity index (χ0) is 22.1. The second kappa shape index (κ2) is 8.51. The topological polar surface area (TPSA) is 59.4 Å². The number of carbonyl (C=O) groups is 1. The molecule has 1 aliphatic heterocycles. The summed E-state index contributed by atoms with van der Waals surface area (Å²) in [5, 5.41) is 4.19. The summed E-state index contributed by atoms with van der Waals surface area (Å²) < 4.78 is 7.13. The lowest BCUT2D eigenvalue weighted by atomic mass is 9.97. The summed E-state index contributed by atoms with van der Waals surface area (Å²) in [7, 11) is 1.40. The van der Waals surface area contributed by atoms with Crippen molar-refractivity contribution in [1.29, 1.82) is 0 Å². The first kappa shape index (κ1) is 21.1. The molecule has 3 aromatic rings. The second-order valence-electron chi connectivity index (χ2n) is 7.58. The molecule has 1 saturated heterocycles. The zero-order valence-corrected chi connectivity index (χ0v) is 18.9. The van der Waals surface area contributed by atoms with Crippen molar-refractivity contribution in [2.24, 2.45) is 0 Å². The molecular weight excluding hydrogens is 408 g/mol. The predicted octanol–water partition coefficient (Wildman–Crippen LogP) is 4.27. The third-order valence-corrected chi connectivity index (χ3v) is 6.23. The molecule has 2 atom stereocenters. The van der Waals surface area contributed by atoms with Crippen LogP contribution in [-0.4, -0.2) is 39.2 Å². The molecule has 31 heavy (non-hydrogen) atoms. The van der Waals surface area contributed by atoms with Gasteiger partial charge in [0, 0.05) is 24.1 Å². The van der Waals surface area contributed by atoms with E-state index in [9.17, 15) is 4.79 Å². The molecule has 4 rings (SSSR count). The number of pyridine rings is 1. The Balaban J connectivity index is 1.86. The number of aryl methyl sites for hydroxylation is 1. The first-order chi connectivity index (χ1) is 15.0. The maximum absolute atomic E-state index is 12.4. The molecule has 0 aliphatic carbocycles. The Labute approximate surface area is 187 Å². The molecule has 2 aromatic heterocycles. The first-order valence-corrected chi connectivity index (χ1v) is 10.7. The van der Waals surface area contributed by atoms with E-state index in [-0.39, 0.29) is 18.1 Å². The Kier molecular flexibility index (Phi) is 5.78. The molecule has 1 fully saturated rings. The monoisotopic (exact) mass is 434 g/mol. The summed E-state index contributed by atoms with van der Waals surface area (Å²) in [6, 6.07) is 15.6. The molecule has 7 heteroatoms. The number of hydrogen-bond acceptors (Lipinski definition) is 4. The van der Waals surface area contributed by atoms with E-state index in [1.165, 1.54) is 7.11 Å². The maximum Gasteiger partial charge on any atom is 0.339 e. The van der Waals surface area contributed by atoms with Gasteiger partial charge in [-0.05, 0) is 68.9 Å². The molecular formula is C24H26N4O2S. The average Bonchev–Trinajstić information content (AvgIpc) is 3.28. The number of nitrogens with one attached hydrogen (secondary N) is 1. The van der Waals surface area contributed by atoms with Crippen LogP contribution in [0.25, 0.3) is 5.69 Å². The minimum absolute atomic E-state index is 0.00219. The van der Waals surface area contributed by atoms with Crippen molar-refractivity contribution in [1.82, 2.24) is 19.8 Å². The highest BCUT2D eigenvalue weighted by atomic mass is 32.1. The van der Waals surface area contributed by atoms with E-state index in [4.69, 9.17) is 17.0 Å². The Hall–Kier alpha value is -3.19. The van der Waals surface area contributed by atoms with Crippen LogP contribution in [0.2, 0.25) is 0 Å². The molecule has 6 nitrogen and oxygen atoms in total. The van der Waals surface area contributed by atoms with Gasteiger partial charge in [-0.25, -0.2) is 4.79 Å². The number of methoxy groups -OCH3 is 1. The van der Waals surface area contributed by atoms with E-state index in [0.717, 1.165) is 40.0 Å². The van der Waals surface area contributed by atoms with Gasteiger partial charge in [0.2, 0.25) is 0 Å². The summed E-state index contributed by atoms with van der Waals surface area (Å²) in [6.07, 6.45) is 1.81. The summed E-state index contributed by atoms with van der Waals surface area (Å²) in [4.78, 5) is 19.2. The highest BCUT2D eigenvalue weighted by molar-refractivity contribution is 7.80. The van der Waals surface area contributed by atoms with E-state index in [0.29, 0.717) is 5.56 Å². The Morgan fingerprint density at radius 2 is 1.94 bits per heavy atom. The van der Waals surface area contributed by atoms with Crippen molar-refractivity contribution in [3.05, 3.63) is 82.9 Å². The lowest BCUT2D eigenvalue weighted by Gasteiger charge is -2.27. The van der Waals surface area contributed by atoms with Crippen LogP contribution in [-0.2, 0) is 4.74 Å². The van der Waals surface area contributed by atoms with Crippen LogP contribution in [0.1, 0.15) is 52.0 Å². The maximum atomic E-state index is 12.4. The lowest BCUT2D eigenvalue weighted by Crippen LogP contribution is -2.29. The first-order valence-electron chi connectivity index (χ1n) is 10.3. The highest BCUT2D eigenvalue weighted by Crippen LogP contribution is 2.41. The molecule has 1 aromatic carbocycles. The predicted molar refractivity (Wildman–Crippen MR) is 124 cm³/mol. The summed E-state index contributed by atoms with van der Waals surface area (Å²) in [6.45, 7) is 7.02. The van der Waals surface area contributed by atoms with E-state index < -0.39 is 0 Å². The van der Waals surface area contributed by atoms with Gasteiger partial charge in [0.15, 0.2) is 5.11 Å². The SMILES string of the molecule is CCN1C(=S)N[C@H](c2ccccn2)[C@H]1c1cc(C)n(-c2ccccc2C(=O)OC)c1C. The van der Waals surface area contributed by atoms with Gasteiger partial charge in [-0.2, -0.15) is 0 Å². The fourth-order valence-electron chi connectivity index (χ4n) is 4.49. The van der Waals surface area contributed by atoms with Crippen molar-refractivity contribution < 1.29 is 9.53 Å². The number of thiocarbonyl (C=S) groups is 1. The molecule has 0 spiro atoms. The number of carbonyl (C=O) groups excluding carboxylic acids is 1. The van der Waals surface area contributed by atoms with Crippen LogP contribution in [0.3, 0.4) is 0 Å². The quantitative estimate of drug-likeness (QED) is 0.478. The van der Waals surface area contributed by atoms with Gasteiger partial charge in [-0.3, -0.25) is 4.98 Å². The van der Waals surface area contributed by atoms with Crippen molar-refractivity contribution in [2.45, 2.75) is 32.9 Å². The smallest absolute Gasteiger partial charge is 0.339 e. The minimum atomic E-state index is -0.352. The van der Waals surface area contributed by atoms with Gasteiger partial charge in [-0.1, -0.05) is 18.2 Å². The molecule has 3 heterocycles. The normalized spacial score (nSPS) is 18.2. The van der Waals surface area contributed by atoms with E-state index >= 15 is 0 Å². The number of likely N-dealkylation sites (N-methyl/N-ethyl adjacent to an activating group) is 1. The van der Waals surface area contributed by atoms with Crippen molar-refractivity contribution in [3.8, 4) is 5.69 Å². The minimum Gasteiger partial charge on any atom is -0.465 e. The van der Waals surface area contributed by atoms with Crippen LogP contribution in [0.4, 0.5) is 0 Å². The average molecular weight is 435 g/mol. The van der Waals surface area contributed by atoms with Crippen molar-refractivity contribution in [3.63, 3.8) is 0 Å². The third kappa shape index (κ3) is 3.59. The summed E-state index contributed by atoms with van der Waals surface area (Å²) in [5.74, 6) is -0.352. The molecule has 0 saturated carbocycles. The standard InChI is InChI=1S/C24H26N4O2S/c1-5-27-22(21(26-24(27)31)19-11-8-9-13-25-19)18-14-15(2)28(16(18)3)20-12-7-6-10-17(20)23(29)30-4/h6-14,21-22H,5H2,1-4H3,(H,26,31)/t21-,22-/m1/s1. The fourth-order valence-corrected chi connectivity index (χ4v) is 4.86. The molecule has 0 bridgehead atoms. The van der Waals surface area contributed by atoms with Crippen LogP contribution < -0.4 is 5.32 Å². The molecule has 160 valence electrons. The van der Waals surface area contributed by atoms with Gasteiger partial charge in [0.05, 0.1) is 36.1 Å². The van der Waals surface area contributed by atoms with Crippen LogP contribution in [0.5, 0.6) is 0 Å². The van der Waals surface area contributed by atoms with E-state index in [1.54, 1.807) is 6.07 Å². The summed E-state index contributed by atoms with van der Waals surface area (Å²) in [5.41, 5.74) is 5.54. The van der Waals surface area contributed by atoms with Gasteiger partial charge < -0.3 is 19.5 Å². The molecule has 1 N–H and O–H groups in total. The number of benzene rings is 1. The van der Waals surface area contributed by atoms with Gasteiger partial charge in [0.1, 0.15) is 0 Å². The number of para-hydroxylation sites is 1. The zero-order valence-electron chi connectivity index (χ0n) is 18.1. The number of rotatable bonds is 5. The van der Waals surface area contributed by atoms with Crippen LogP contribution in [0.15, 0.2) is 54.7 Å². The number of esters is 1. The molecule has 0 radical (unpaired) electrons. The Morgan fingerprint density at radius 1 is 1.19 bits per heavy atom. The fraction of sp³-hybridized carbons (Fsp3) is 0.292. The van der Waals surface area contributed by atoms with Gasteiger partial charge in [0.25, 0.3) is 0 Å². The highest BCUT2D eigenvalue weighted by Gasteiger charge is 2.40. The van der Waals surface area contributed by atoms with E-state index in [1.807, 2.05) is 42.6 Å². The largest absolute Gasteiger partial charge is 0.465 e. The Bertz CT molecular complexity index is 1130. The molecule has 0 amide bonds. The van der Waals surface area contributed by atoms with Gasteiger partial charge in [-0.15, -0.1) is 0 Å². The van der Waals surface area contributed by atoms with E-state index in [2.05, 4.69) is 46.6 Å².